The van der Waals surface area contributed by atoms with E-state index in [1.807, 2.05) is 42.5 Å². The predicted octanol–water partition coefficient (Wildman–Crippen LogP) is 2.81. The summed E-state index contributed by atoms with van der Waals surface area (Å²) in [6.07, 6.45) is 1.22. The highest BCUT2D eigenvalue weighted by molar-refractivity contribution is 7.89. The molecule has 0 aliphatic heterocycles. The molecular weight excluding hydrogens is 260 g/mol. The average molecular weight is 276 g/mol. The van der Waals surface area contributed by atoms with Crippen LogP contribution < -0.4 is 4.74 Å². The average Bonchev–Trinajstić information content (AvgIpc) is 2.37. The van der Waals surface area contributed by atoms with E-state index in [4.69, 9.17) is 4.74 Å². The molecular formula is C15H16O3S. The molecule has 0 N–H and O–H groups in total. The maximum absolute atomic E-state index is 11.4. The van der Waals surface area contributed by atoms with Crippen molar-refractivity contribution in [3.05, 3.63) is 65.7 Å². The first-order valence-corrected chi connectivity index (χ1v) is 8.03. The van der Waals surface area contributed by atoms with E-state index >= 15 is 0 Å². The van der Waals surface area contributed by atoms with Crippen LogP contribution in [0.2, 0.25) is 0 Å². The largest absolute Gasteiger partial charge is 0.489 e. The zero-order valence-corrected chi connectivity index (χ0v) is 11.6. The molecule has 0 spiro atoms. The molecule has 0 fully saturated rings. The molecule has 0 unspecified atom stereocenters. The van der Waals surface area contributed by atoms with Crippen LogP contribution in [0.1, 0.15) is 11.1 Å². The Morgan fingerprint density at radius 1 is 0.947 bits per heavy atom. The topological polar surface area (TPSA) is 43.4 Å². The van der Waals surface area contributed by atoms with Crippen LogP contribution in [0.3, 0.4) is 0 Å². The molecule has 0 atom stereocenters. The molecule has 2 aromatic rings. The lowest BCUT2D eigenvalue weighted by Gasteiger charge is -2.10. The highest BCUT2D eigenvalue weighted by Crippen LogP contribution is 2.21. The molecule has 0 saturated heterocycles. The van der Waals surface area contributed by atoms with Crippen LogP contribution in [0.25, 0.3) is 0 Å². The third-order valence-corrected chi connectivity index (χ3v) is 3.46. The van der Waals surface area contributed by atoms with E-state index in [9.17, 15) is 8.42 Å². The monoisotopic (exact) mass is 276 g/mol. The lowest BCUT2D eigenvalue weighted by Crippen LogP contribution is -2.04. The van der Waals surface area contributed by atoms with E-state index in [-0.39, 0.29) is 5.75 Å². The fourth-order valence-electron chi connectivity index (χ4n) is 1.78. The fourth-order valence-corrected chi connectivity index (χ4v) is 2.59. The highest BCUT2D eigenvalue weighted by atomic mass is 32.2. The van der Waals surface area contributed by atoms with Gasteiger partial charge in [0.15, 0.2) is 9.84 Å². The van der Waals surface area contributed by atoms with Gasteiger partial charge in [0, 0.05) is 11.8 Å². The van der Waals surface area contributed by atoms with Gasteiger partial charge in [-0.25, -0.2) is 8.42 Å². The van der Waals surface area contributed by atoms with Gasteiger partial charge >= 0.3 is 0 Å². The minimum absolute atomic E-state index is 0.00202. The zero-order valence-electron chi connectivity index (χ0n) is 10.7. The van der Waals surface area contributed by atoms with Gasteiger partial charge in [-0.1, -0.05) is 48.5 Å². The summed E-state index contributed by atoms with van der Waals surface area (Å²) in [6, 6.07) is 17.0. The number of hydrogen-bond acceptors (Lipinski definition) is 3. The molecule has 19 heavy (non-hydrogen) atoms. The molecule has 3 nitrogen and oxygen atoms in total. The maximum Gasteiger partial charge on any atom is 0.151 e. The Labute approximate surface area is 113 Å². The van der Waals surface area contributed by atoms with E-state index in [1.165, 1.54) is 6.26 Å². The van der Waals surface area contributed by atoms with Crippen molar-refractivity contribution >= 4 is 9.84 Å². The van der Waals surface area contributed by atoms with E-state index < -0.39 is 9.84 Å². The quantitative estimate of drug-likeness (QED) is 0.843. The van der Waals surface area contributed by atoms with Gasteiger partial charge in [-0.15, -0.1) is 0 Å². The van der Waals surface area contributed by atoms with Gasteiger partial charge in [0.25, 0.3) is 0 Å². The van der Waals surface area contributed by atoms with Gasteiger partial charge in [0.1, 0.15) is 12.4 Å². The van der Waals surface area contributed by atoms with Gasteiger partial charge in [-0.2, -0.15) is 0 Å². The van der Waals surface area contributed by atoms with Crippen molar-refractivity contribution in [2.75, 3.05) is 6.26 Å². The number of para-hydroxylation sites is 1. The van der Waals surface area contributed by atoms with Gasteiger partial charge < -0.3 is 4.74 Å². The second-order valence-corrected chi connectivity index (χ2v) is 6.59. The van der Waals surface area contributed by atoms with Gasteiger partial charge in [0.2, 0.25) is 0 Å². The molecule has 2 aromatic carbocycles. The van der Waals surface area contributed by atoms with Crippen LogP contribution in [-0.4, -0.2) is 14.7 Å². The first kappa shape index (κ1) is 13.6. The molecule has 4 heteroatoms. The Bertz CT molecular complexity index is 633. The number of sulfone groups is 1. The van der Waals surface area contributed by atoms with Crippen LogP contribution in [0.4, 0.5) is 0 Å². The summed E-state index contributed by atoms with van der Waals surface area (Å²) in [4.78, 5) is 0. The second kappa shape index (κ2) is 5.89. The van der Waals surface area contributed by atoms with Crippen LogP contribution in [0.15, 0.2) is 54.6 Å². The number of ether oxygens (including phenoxy) is 1. The van der Waals surface area contributed by atoms with Crippen molar-refractivity contribution in [3.63, 3.8) is 0 Å². The van der Waals surface area contributed by atoms with E-state index in [0.717, 1.165) is 5.56 Å². The van der Waals surface area contributed by atoms with Crippen molar-refractivity contribution in [2.45, 2.75) is 12.4 Å². The summed E-state index contributed by atoms with van der Waals surface area (Å²) < 4.78 is 28.4. The summed E-state index contributed by atoms with van der Waals surface area (Å²) >= 11 is 0. The summed E-state index contributed by atoms with van der Waals surface area (Å²) in [5.74, 6) is 0.620. The Morgan fingerprint density at radius 2 is 1.58 bits per heavy atom. The van der Waals surface area contributed by atoms with Crippen LogP contribution in [0, 0.1) is 0 Å². The van der Waals surface area contributed by atoms with Crippen molar-refractivity contribution in [1.29, 1.82) is 0 Å². The van der Waals surface area contributed by atoms with Gasteiger partial charge in [-0.3, -0.25) is 0 Å². The first-order chi connectivity index (χ1) is 9.04. The Hall–Kier alpha value is -1.81. The van der Waals surface area contributed by atoms with Gasteiger partial charge in [0.05, 0.1) is 5.75 Å². The van der Waals surface area contributed by atoms with E-state index in [0.29, 0.717) is 17.9 Å². The number of rotatable bonds is 5. The van der Waals surface area contributed by atoms with E-state index in [1.54, 1.807) is 12.1 Å². The molecule has 0 amide bonds. The summed E-state index contributed by atoms with van der Waals surface area (Å²) in [5.41, 5.74) is 1.75. The zero-order chi connectivity index (χ0) is 13.7. The summed E-state index contributed by atoms with van der Waals surface area (Å²) in [5, 5.41) is 0. The lowest BCUT2D eigenvalue weighted by molar-refractivity contribution is 0.304. The molecule has 100 valence electrons. The molecule has 0 aliphatic carbocycles. The predicted molar refractivity (Wildman–Crippen MR) is 75.8 cm³/mol. The van der Waals surface area contributed by atoms with Gasteiger partial charge in [-0.05, 0) is 11.6 Å². The minimum Gasteiger partial charge on any atom is -0.489 e. The smallest absolute Gasteiger partial charge is 0.151 e. The van der Waals surface area contributed by atoms with Crippen LogP contribution in [-0.2, 0) is 22.2 Å². The Morgan fingerprint density at radius 3 is 2.26 bits per heavy atom. The maximum atomic E-state index is 11.4. The second-order valence-electron chi connectivity index (χ2n) is 4.45. The molecule has 0 aromatic heterocycles. The van der Waals surface area contributed by atoms with Crippen molar-refractivity contribution in [1.82, 2.24) is 0 Å². The van der Waals surface area contributed by atoms with E-state index in [2.05, 4.69) is 0 Å². The molecule has 0 saturated carbocycles. The standard InChI is InChI=1S/C15H16O3S/c1-19(16,17)12-14-9-5-6-10-15(14)18-11-13-7-3-2-4-8-13/h2-10H,11-12H2,1H3. The Kier molecular flexibility index (Phi) is 4.22. The van der Waals surface area contributed by atoms with Crippen molar-refractivity contribution in [2.24, 2.45) is 0 Å². The van der Waals surface area contributed by atoms with Crippen molar-refractivity contribution in [3.8, 4) is 5.75 Å². The highest BCUT2D eigenvalue weighted by Gasteiger charge is 2.09. The molecule has 0 bridgehead atoms. The van der Waals surface area contributed by atoms with Crippen molar-refractivity contribution < 1.29 is 13.2 Å². The minimum atomic E-state index is -3.06. The third-order valence-electron chi connectivity index (χ3n) is 2.63. The number of hydrogen-bond donors (Lipinski definition) is 0. The number of benzene rings is 2. The molecule has 0 heterocycles. The normalized spacial score (nSPS) is 11.2. The van der Waals surface area contributed by atoms with Crippen LogP contribution in [0.5, 0.6) is 5.75 Å². The van der Waals surface area contributed by atoms with Crippen LogP contribution >= 0.6 is 0 Å². The third kappa shape index (κ3) is 4.41. The lowest BCUT2D eigenvalue weighted by atomic mass is 10.2. The molecule has 0 radical (unpaired) electrons. The SMILES string of the molecule is CS(=O)(=O)Cc1ccccc1OCc1ccccc1. The Balaban J connectivity index is 2.12. The summed E-state index contributed by atoms with van der Waals surface area (Å²) in [7, 11) is -3.06. The molecule has 0 aliphatic rings. The molecule has 2 rings (SSSR count). The summed E-state index contributed by atoms with van der Waals surface area (Å²) in [6.45, 7) is 0.432. The fraction of sp³-hybridized carbons (Fsp3) is 0.200. The first-order valence-electron chi connectivity index (χ1n) is 5.97.